The molecule has 0 aliphatic carbocycles. The number of hydrogen-bond donors (Lipinski definition) is 2. The third kappa shape index (κ3) is 5.47. The highest BCUT2D eigenvalue weighted by molar-refractivity contribution is 6.31. The highest BCUT2D eigenvalue weighted by atomic mass is 35.5. The molecule has 0 spiro atoms. The van der Waals surface area contributed by atoms with E-state index in [0.717, 1.165) is 6.07 Å². The van der Waals surface area contributed by atoms with Gasteiger partial charge in [-0.1, -0.05) is 17.7 Å². The van der Waals surface area contributed by atoms with Crippen LogP contribution in [0.1, 0.15) is 24.5 Å². The molecule has 1 aromatic carbocycles. The molecule has 1 rings (SSSR count). The van der Waals surface area contributed by atoms with Gasteiger partial charge in [0.15, 0.2) is 0 Å². The fourth-order valence-corrected chi connectivity index (χ4v) is 2.22. The fourth-order valence-electron chi connectivity index (χ4n) is 1.99. The lowest BCUT2D eigenvalue weighted by molar-refractivity contribution is -0.137. The van der Waals surface area contributed by atoms with Gasteiger partial charge in [-0.05, 0) is 31.0 Å². The number of nitrogens with one attached hydrogen (secondary N) is 1. The minimum atomic E-state index is -4.48. The van der Waals surface area contributed by atoms with E-state index in [0.29, 0.717) is 18.6 Å². The van der Waals surface area contributed by atoms with Gasteiger partial charge in [0.2, 0.25) is 0 Å². The molecule has 120 valence electrons. The van der Waals surface area contributed by atoms with Crippen LogP contribution in [-0.4, -0.2) is 31.0 Å². The number of halogens is 4. The van der Waals surface area contributed by atoms with Crippen molar-refractivity contribution in [2.75, 3.05) is 20.3 Å². The topological polar surface area (TPSA) is 41.5 Å². The third-order valence-electron chi connectivity index (χ3n) is 3.18. The van der Waals surface area contributed by atoms with Gasteiger partial charge in [0.1, 0.15) is 0 Å². The van der Waals surface area contributed by atoms with E-state index in [9.17, 15) is 13.2 Å². The van der Waals surface area contributed by atoms with Crippen molar-refractivity contribution < 1.29 is 23.0 Å². The van der Waals surface area contributed by atoms with Crippen molar-refractivity contribution in [2.45, 2.75) is 31.6 Å². The van der Waals surface area contributed by atoms with Crippen molar-refractivity contribution in [2.24, 2.45) is 0 Å². The number of methoxy groups -OCH3 is 1. The number of rotatable bonds is 7. The zero-order chi connectivity index (χ0) is 16.1. The summed E-state index contributed by atoms with van der Waals surface area (Å²) in [5.41, 5.74) is -0.896. The van der Waals surface area contributed by atoms with Gasteiger partial charge in [-0.2, -0.15) is 13.2 Å². The fraction of sp³-hybridized carbons (Fsp3) is 0.571. The Morgan fingerprint density at radius 3 is 2.52 bits per heavy atom. The van der Waals surface area contributed by atoms with Gasteiger partial charge >= 0.3 is 6.18 Å². The van der Waals surface area contributed by atoms with Gasteiger partial charge < -0.3 is 15.2 Å². The van der Waals surface area contributed by atoms with Crippen molar-refractivity contribution >= 4 is 11.6 Å². The Balaban J connectivity index is 2.84. The summed E-state index contributed by atoms with van der Waals surface area (Å²) in [6.45, 7) is 2.36. The SMILES string of the molecule is COCC(C)(CCO)NCc1ccc(Cl)c(C(F)(F)F)c1. The van der Waals surface area contributed by atoms with Crippen molar-refractivity contribution in [1.82, 2.24) is 5.32 Å². The average molecular weight is 326 g/mol. The molecule has 3 nitrogen and oxygen atoms in total. The monoisotopic (exact) mass is 325 g/mol. The normalized spacial score (nSPS) is 15.0. The second-order valence-corrected chi connectivity index (χ2v) is 5.54. The largest absolute Gasteiger partial charge is 0.417 e. The average Bonchev–Trinajstić information content (AvgIpc) is 2.37. The Labute approximate surface area is 127 Å². The van der Waals surface area contributed by atoms with E-state index in [1.807, 2.05) is 6.92 Å². The predicted octanol–water partition coefficient (Wildman–Crippen LogP) is 3.24. The van der Waals surface area contributed by atoms with E-state index in [-0.39, 0.29) is 18.2 Å². The molecule has 0 saturated heterocycles. The zero-order valence-corrected chi connectivity index (χ0v) is 12.7. The van der Waals surface area contributed by atoms with Crippen LogP contribution < -0.4 is 5.32 Å². The van der Waals surface area contributed by atoms with Gasteiger partial charge in [0, 0.05) is 25.8 Å². The Kier molecular flexibility index (Phi) is 6.46. The maximum atomic E-state index is 12.8. The summed E-state index contributed by atoms with van der Waals surface area (Å²) < 4.78 is 43.4. The van der Waals surface area contributed by atoms with E-state index in [4.69, 9.17) is 21.4 Å². The summed E-state index contributed by atoms with van der Waals surface area (Å²) in [5, 5.41) is 11.8. The van der Waals surface area contributed by atoms with Crippen LogP contribution in [0.3, 0.4) is 0 Å². The third-order valence-corrected chi connectivity index (χ3v) is 3.51. The molecular weight excluding hydrogens is 307 g/mol. The Morgan fingerprint density at radius 1 is 1.33 bits per heavy atom. The van der Waals surface area contributed by atoms with Gasteiger partial charge in [0.25, 0.3) is 0 Å². The zero-order valence-electron chi connectivity index (χ0n) is 11.9. The van der Waals surface area contributed by atoms with Crippen LogP contribution in [0.4, 0.5) is 13.2 Å². The molecule has 2 N–H and O–H groups in total. The van der Waals surface area contributed by atoms with Crippen molar-refractivity contribution in [3.8, 4) is 0 Å². The second kappa shape index (κ2) is 7.45. The number of hydrogen-bond acceptors (Lipinski definition) is 3. The molecule has 0 aromatic heterocycles. The predicted molar refractivity (Wildman–Crippen MR) is 75.3 cm³/mol. The molecule has 7 heteroatoms. The van der Waals surface area contributed by atoms with Crippen molar-refractivity contribution in [3.63, 3.8) is 0 Å². The lowest BCUT2D eigenvalue weighted by atomic mass is 9.98. The molecule has 0 heterocycles. The van der Waals surface area contributed by atoms with Gasteiger partial charge in [-0.25, -0.2) is 0 Å². The first kappa shape index (κ1) is 18.2. The smallest absolute Gasteiger partial charge is 0.396 e. The van der Waals surface area contributed by atoms with Crippen LogP contribution in [-0.2, 0) is 17.5 Å². The lowest BCUT2D eigenvalue weighted by Crippen LogP contribution is -2.46. The molecule has 1 atom stereocenters. The molecule has 1 unspecified atom stereocenters. The molecule has 0 saturated carbocycles. The van der Waals surface area contributed by atoms with Gasteiger partial charge in [-0.15, -0.1) is 0 Å². The van der Waals surface area contributed by atoms with Crippen LogP contribution >= 0.6 is 11.6 Å². The summed E-state index contributed by atoms with van der Waals surface area (Å²) in [7, 11) is 1.53. The maximum Gasteiger partial charge on any atom is 0.417 e. The highest BCUT2D eigenvalue weighted by Crippen LogP contribution is 2.35. The number of alkyl halides is 3. The molecule has 0 amide bonds. The summed E-state index contributed by atoms with van der Waals surface area (Å²) in [6.07, 6.45) is -4.05. The van der Waals surface area contributed by atoms with E-state index in [1.165, 1.54) is 19.2 Å². The first-order valence-corrected chi connectivity index (χ1v) is 6.80. The first-order valence-electron chi connectivity index (χ1n) is 6.42. The van der Waals surface area contributed by atoms with E-state index in [1.54, 1.807) is 0 Å². The Hall–Kier alpha value is -0.820. The molecule has 0 aliphatic rings. The van der Waals surface area contributed by atoms with Crippen LogP contribution in [0.15, 0.2) is 18.2 Å². The first-order chi connectivity index (χ1) is 9.72. The molecular formula is C14H19ClF3NO2. The van der Waals surface area contributed by atoms with Crippen LogP contribution in [0.5, 0.6) is 0 Å². The van der Waals surface area contributed by atoms with Gasteiger partial charge in [-0.3, -0.25) is 0 Å². The molecule has 21 heavy (non-hydrogen) atoms. The van der Waals surface area contributed by atoms with E-state index in [2.05, 4.69) is 5.32 Å². The Bertz CT molecular complexity index is 460. The highest BCUT2D eigenvalue weighted by Gasteiger charge is 2.33. The second-order valence-electron chi connectivity index (χ2n) is 5.13. The summed E-state index contributed by atoms with van der Waals surface area (Å²) in [5.74, 6) is 0. The maximum absolute atomic E-state index is 12.8. The van der Waals surface area contributed by atoms with Crippen molar-refractivity contribution in [3.05, 3.63) is 34.3 Å². The quantitative estimate of drug-likeness (QED) is 0.808. The van der Waals surface area contributed by atoms with Crippen LogP contribution in [0.25, 0.3) is 0 Å². The number of benzene rings is 1. The van der Waals surface area contributed by atoms with Crippen LogP contribution in [0, 0.1) is 0 Å². The summed E-state index contributed by atoms with van der Waals surface area (Å²) >= 11 is 5.58. The molecule has 0 bridgehead atoms. The summed E-state index contributed by atoms with van der Waals surface area (Å²) in [6, 6.07) is 3.80. The minimum absolute atomic E-state index is 0.0404. The standard InChI is InChI=1S/C14H19ClF3NO2/c1-13(5-6-20,9-21-2)19-8-10-3-4-12(15)11(7-10)14(16,17)18/h3-4,7,19-20H,5-6,8-9H2,1-2H3. The Morgan fingerprint density at radius 2 is 2.00 bits per heavy atom. The minimum Gasteiger partial charge on any atom is -0.396 e. The van der Waals surface area contributed by atoms with Crippen molar-refractivity contribution in [1.29, 1.82) is 0 Å². The van der Waals surface area contributed by atoms with Crippen LogP contribution in [0.2, 0.25) is 5.02 Å². The summed E-state index contributed by atoms with van der Waals surface area (Å²) in [4.78, 5) is 0. The van der Waals surface area contributed by atoms with E-state index < -0.39 is 17.3 Å². The lowest BCUT2D eigenvalue weighted by Gasteiger charge is -2.29. The molecule has 1 aromatic rings. The van der Waals surface area contributed by atoms with E-state index >= 15 is 0 Å². The molecule has 0 fully saturated rings. The number of aliphatic hydroxyl groups is 1. The molecule has 0 radical (unpaired) electrons. The number of ether oxygens (including phenoxy) is 1. The molecule has 0 aliphatic heterocycles. The van der Waals surface area contributed by atoms with Gasteiger partial charge in [0.05, 0.1) is 17.2 Å². The number of aliphatic hydroxyl groups excluding tert-OH is 1.